The van der Waals surface area contributed by atoms with Crippen LogP contribution in [0.2, 0.25) is 0 Å². The molecule has 0 saturated carbocycles. The van der Waals surface area contributed by atoms with E-state index in [1.165, 1.54) is 0 Å². The van der Waals surface area contributed by atoms with Gasteiger partial charge in [0.2, 0.25) is 0 Å². The van der Waals surface area contributed by atoms with Crippen LogP contribution in [0.4, 0.5) is 0 Å². The van der Waals surface area contributed by atoms with Crippen LogP contribution in [0.5, 0.6) is 0 Å². The molecule has 0 atom stereocenters. The van der Waals surface area contributed by atoms with Gasteiger partial charge in [-0.2, -0.15) is 0 Å². The summed E-state index contributed by atoms with van der Waals surface area (Å²) in [5, 5.41) is 0. The number of benzene rings is 2. The lowest BCUT2D eigenvalue weighted by Crippen LogP contribution is -1.96. The number of Topliss-reactive ketones (excluding diaryl/α,β-unsaturated/α-hetero) is 1. The number of imidazole rings is 1. The predicted octanol–water partition coefficient (Wildman–Crippen LogP) is 3.74. The van der Waals surface area contributed by atoms with Crippen LogP contribution < -0.4 is 0 Å². The average Bonchev–Trinajstić information content (AvgIpc) is 3.01. The second kappa shape index (κ2) is 5.13. The first-order chi connectivity index (χ1) is 9.75. The Hall–Kier alpha value is -2.68. The fourth-order valence-corrected chi connectivity index (χ4v) is 2.25. The molecule has 3 rings (SSSR count). The molecule has 0 radical (unpaired) electrons. The highest BCUT2D eigenvalue weighted by Gasteiger charge is 2.08. The molecule has 0 spiro atoms. The maximum Gasteiger partial charge on any atom is 0.159 e. The largest absolute Gasteiger partial charge is 0.306 e. The number of aromatic nitrogens is 2. The summed E-state index contributed by atoms with van der Waals surface area (Å²) in [5.41, 5.74) is 3.88. The Morgan fingerprint density at radius 3 is 2.70 bits per heavy atom. The van der Waals surface area contributed by atoms with E-state index in [0.717, 1.165) is 22.4 Å². The molecule has 0 saturated heterocycles. The van der Waals surface area contributed by atoms with Crippen molar-refractivity contribution in [3.63, 3.8) is 0 Å². The molecule has 0 unspecified atom stereocenters. The summed E-state index contributed by atoms with van der Waals surface area (Å²) in [5.74, 6) is 0.0759. The number of nitrogens with zero attached hydrogens (tertiary/aromatic N) is 2. The minimum Gasteiger partial charge on any atom is -0.306 e. The lowest BCUT2D eigenvalue weighted by molar-refractivity contribution is 0.101. The van der Waals surface area contributed by atoms with Crippen LogP contribution in [0.25, 0.3) is 16.8 Å². The van der Waals surface area contributed by atoms with Gasteiger partial charge in [0, 0.05) is 23.5 Å². The molecule has 0 aliphatic rings. The Balaban J connectivity index is 2.16. The van der Waals surface area contributed by atoms with Crippen LogP contribution in [-0.2, 0) is 0 Å². The minimum absolute atomic E-state index is 0.0759. The molecular weight excluding hydrogens is 248 g/mol. The smallest absolute Gasteiger partial charge is 0.159 e. The van der Waals surface area contributed by atoms with Crippen LogP contribution in [0.15, 0.2) is 67.3 Å². The molecule has 0 N–H and O–H groups in total. The van der Waals surface area contributed by atoms with Crippen molar-refractivity contribution in [3.05, 3.63) is 72.8 Å². The number of hydrogen-bond acceptors (Lipinski definition) is 2. The molecule has 0 fully saturated rings. The van der Waals surface area contributed by atoms with Crippen molar-refractivity contribution < 1.29 is 4.79 Å². The van der Waals surface area contributed by atoms with E-state index in [1.807, 2.05) is 53.2 Å². The maximum absolute atomic E-state index is 11.5. The van der Waals surface area contributed by atoms with Crippen molar-refractivity contribution in [2.45, 2.75) is 6.92 Å². The quantitative estimate of drug-likeness (QED) is 0.674. The predicted molar refractivity (Wildman–Crippen MR) is 79.0 cm³/mol. The highest BCUT2D eigenvalue weighted by atomic mass is 16.1. The molecule has 0 aliphatic heterocycles. The van der Waals surface area contributed by atoms with E-state index in [-0.39, 0.29) is 5.78 Å². The third kappa shape index (κ3) is 2.26. The molecule has 0 amide bonds. The number of rotatable bonds is 3. The summed E-state index contributed by atoms with van der Waals surface area (Å²) in [7, 11) is 0. The highest BCUT2D eigenvalue weighted by molar-refractivity contribution is 5.95. The topological polar surface area (TPSA) is 34.9 Å². The van der Waals surface area contributed by atoms with Gasteiger partial charge in [-0.25, -0.2) is 4.98 Å². The third-order valence-corrected chi connectivity index (χ3v) is 3.27. The van der Waals surface area contributed by atoms with Gasteiger partial charge in [-0.05, 0) is 24.6 Å². The second-order valence-electron chi connectivity index (χ2n) is 4.62. The van der Waals surface area contributed by atoms with E-state index >= 15 is 0 Å². The van der Waals surface area contributed by atoms with Crippen LogP contribution in [0.1, 0.15) is 17.3 Å². The van der Waals surface area contributed by atoms with E-state index in [2.05, 4.69) is 11.1 Å². The first-order valence-corrected chi connectivity index (χ1v) is 6.44. The van der Waals surface area contributed by atoms with Crippen LogP contribution in [-0.4, -0.2) is 15.3 Å². The van der Waals surface area contributed by atoms with Crippen LogP contribution in [0.3, 0.4) is 0 Å². The van der Waals surface area contributed by atoms with Crippen molar-refractivity contribution in [1.82, 2.24) is 9.55 Å². The first kappa shape index (κ1) is 12.4. The molecule has 20 heavy (non-hydrogen) atoms. The summed E-state index contributed by atoms with van der Waals surface area (Å²) in [6.45, 7) is 1.58. The molecule has 1 heterocycles. The second-order valence-corrected chi connectivity index (χ2v) is 4.62. The van der Waals surface area contributed by atoms with Gasteiger partial charge in [-0.3, -0.25) is 4.79 Å². The van der Waals surface area contributed by atoms with Gasteiger partial charge >= 0.3 is 0 Å². The van der Waals surface area contributed by atoms with E-state index in [1.54, 1.807) is 19.4 Å². The summed E-state index contributed by atoms with van der Waals surface area (Å²) in [6.07, 6.45) is 5.43. The van der Waals surface area contributed by atoms with Gasteiger partial charge in [-0.1, -0.05) is 36.4 Å². The number of carbonyl (C=O) groups is 1. The normalized spacial score (nSPS) is 10.4. The SMILES string of the molecule is CC(=O)c1cccc(-c2ccccc2-n2ccnc2)c1. The van der Waals surface area contributed by atoms with Gasteiger partial charge in [0.1, 0.15) is 0 Å². The molecule has 1 aromatic heterocycles. The van der Waals surface area contributed by atoms with Crippen LogP contribution in [0, 0.1) is 0 Å². The van der Waals surface area contributed by atoms with E-state index in [0.29, 0.717) is 0 Å². The van der Waals surface area contributed by atoms with E-state index in [4.69, 9.17) is 0 Å². The Labute approximate surface area is 117 Å². The zero-order valence-electron chi connectivity index (χ0n) is 11.2. The van der Waals surface area contributed by atoms with Gasteiger partial charge in [0.15, 0.2) is 5.78 Å². The summed E-state index contributed by atoms with van der Waals surface area (Å²) >= 11 is 0. The zero-order valence-corrected chi connectivity index (χ0v) is 11.2. The van der Waals surface area contributed by atoms with Crippen LogP contribution >= 0.6 is 0 Å². The van der Waals surface area contributed by atoms with Crippen molar-refractivity contribution in [3.8, 4) is 16.8 Å². The monoisotopic (exact) mass is 262 g/mol. The highest BCUT2D eigenvalue weighted by Crippen LogP contribution is 2.27. The number of carbonyl (C=O) groups excluding carboxylic acids is 1. The molecule has 98 valence electrons. The number of para-hydroxylation sites is 1. The number of ketones is 1. The summed E-state index contributed by atoms with van der Waals surface area (Å²) < 4.78 is 1.97. The van der Waals surface area contributed by atoms with Crippen molar-refractivity contribution in [2.75, 3.05) is 0 Å². The van der Waals surface area contributed by atoms with Gasteiger partial charge < -0.3 is 4.57 Å². The molecule has 3 aromatic rings. The van der Waals surface area contributed by atoms with E-state index < -0.39 is 0 Å². The van der Waals surface area contributed by atoms with Gasteiger partial charge in [0.25, 0.3) is 0 Å². The Morgan fingerprint density at radius 1 is 1.10 bits per heavy atom. The zero-order chi connectivity index (χ0) is 13.9. The Morgan fingerprint density at radius 2 is 1.95 bits per heavy atom. The Bertz CT molecular complexity index is 745. The Kier molecular flexibility index (Phi) is 3.17. The lowest BCUT2D eigenvalue weighted by Gasteiger charge is -2.11. The minimum atomic E-state index is 0.0759. The van der Waals surface area contributed by atoms with Crippen molar-refractivity contribution >= 4 is 5.78 Å². The molecule has 0 aliphatic carbocycles. The maximum atomic E-state index is 11.5. The fourth-order valence-electron chi connectivity index (χ4n) is 2.25. The molecule has 0 bridgehead atoms. The average molecular weight is 262 g/mol. The molecular formula is C17H14N2O. The fraction of sp³-hybridized carbons (Fsp3) is 0.0588. The standard InChI is InChI=1S/C17H14N2O/c1-13(20)14-5-4-6-15(11-14)16-7-2-3-8-17(16)19-10-9-18-12-19/h2-12H,1H3. The van der Waals surface area contributed by atoms with Crippen molar-refractivity contribution in [2.24, 2.45) is 0 Å². The third-order valence-electron chi connectivity index (χ3n) is 3.27. The molecule has 3 heteroatoms. The first-order valence-electron chi connectivity index (χ1n) is 6.44. The van der Waals surface area contributed by atoms with E-state index in [9.17, 15) is 4.79 Å². The van der Waals surface area contributed by atoms with Crippen molar-refractivity contribution in [1.29, 1.82) is 0 Å². The summed E-state index contributed by atoms with van der Waals surface area (Å²) in [4.78, 5) is 15.6. The number of hydrogen-bond donors (Lipinski definition) is 0. The van der Waals surface area contributed by atoms with Gasteiger partial charge in [-0.15, -0.1) is 0 Å². The lowest BCUT2D eigenvalue weighted by atomic mass is 10.00. The van der Waals surface area contributed by atoms with Gasteiger partial charge in [0.05, 0.1) is 12.0 Å². The summed E-state index contributed by atoms with van der Waals surface area (Å²) in [6, 6.07) is 15.8. The molecule has 2 aromatic carbocycles. The molecule has 3 nitrogen and oxygen atoms in total.